The van der Waals surface area contributed by atoms with Gasteiger partial charge in [0.2, 0.25) is 0 Å². The molecule has 1 aromatic carbocycles. The molecule has 1 heterocycles. The molecule has 4 heteroatoms. The molecule has 1 fully saturated rings. The molecule has 3 rings (SSSR count). The van der Waals surface area contributed by atoms with E-state index in [1.54, 1.807) is 0 Å². The Labute approximate surface area is 132 Å². The molecule has 0 spiro atoms. The lowest BCUT2D eigenvalue weighted by Gasteiger charge is -2.10. The van der Waals surface area contributed by atoms with Crippen molar-refractivity contribution in [2.45, 2.75) is 31.7 Å². The van der Waals surface area contributed by atoms with Gasteiger partial charge in [-0.05, 0) is 53.0 Å². The van der Waals surface area contributed by atoms with Gasteiger partial charge >= 0.3 is 0 Å². The molecule has 0 radical (unpaired) electrons. The monoisotopic (exact) mass is 350 g/mol. The highest BCUT2D eigenvalue weighted by atomic mass is 79.9. The van der Waals surface area contributed by atoms with Gasteiger partial charge in [0, 0.05) is 34.7 Å². The third-order valence-corrected chi connectivity index (χ3v) is 4.98. The summed E-state index contributed by atoms with van der Waals surface area (Å²) in [6.45, 7) is 0. The van der Waals surface area contributed by atoms with Crippen LogP contribution in [0.4, 0.5) is 5.69 Å². The Morgan fingerprint density at radius 3 is 2.80 bits per heavy atom. The molecule has 104 valence electrons. The van der Waals surface area contributed by atoms with Gasteiger partial charge in [0.25, 0.3) is 0 Å². The number of hydrogen-bond acceptors (Lipinski definition) is 1. The zero-order valence-electron chi connectivity index (χ0n) is 11.1. The van der Waals surface area contributed by atoms with Crippen LogP contribution in [0.2, 0.25) is 5.02 Å². The van der Waals surface area contributed by atoms with Crippen LogP contribution >= 0.6 is 27.5 Å². The Bertz CT molecular complexity index is 627. The van der Waals surface area contributed by atoms with Gasteiger partial charge in [0.05, 0.1) is 10.7 Å². The molecule has 1 aliphatic carbocycles. The van der Waals surface area contributed by atoms with Crippen LogP contribution in [0.25, 0.3) is 0 Å². The average molecular weight is 352 g/mol. The molecule has 1 aliphatic rings. The van der Waals surface area contributed by atoms with Crippen LogP contribution in [0.1, 0.15) is 37.3 Å². The van der Waals surface area contributed by atoms with Crippen LogP contribution in [0.5, 0.6) is 0 Å². The number of nitrogens with zero attached hydrogens (tertiary/aromatic N) is 2. The number of halogens is 2. The highest BCUT2D eigenvalue weighted by Crippen LogP contribution is 2.30. The normalized spacial score (nSPS) is 16.3. The zero-order valence-corrected chi connectivity index (χ0v) is 13.4. The first-order valence-corrected chi connectivity index (χ1v) is 8.06. The molecule has 2 aromatic rings. The van der Waals surface area contributed by atoms with Crippen molar-refractivity contribution >= 4 is 39.4 Å². The predicted octanol–water partition coefficient (Wildman–Crippen LogP) is 5.77. The van der Waals surface area contributed by atoms with Crippen molar-refractivity contribution in [1.82, 2.24) is 4.57 Å². The maximum atomic E-state index is 6.06. The van der Waals surface area contributed by atoms with E-state index in [4.69, 9.17) is 11.6 Å². The topological polar surface area (TPSA) is 17.3 Å². The van der Waals surface area contributed by atoms with E-state index < -0.39 is 0 Å². The minimum atomic E-state index is 0.680. The second kappa shape index (κ2) is 6.15. The van der Waals surface area contributed by atoms with E-state index in [1.807, 2.05) is 24.4 Å². The van der Waals surface area contributed by atoms with E-state index in [0.29, 0.717) is 11.1 Å². The number of hydrogen-bond donors (Lipinski definition) is 0. The Morgan fingerprint density at radius 2 is 2.05 bits per heavy atom. The molecule has 2 nitrogen and oxygen atoms in total. The van der Waals surface area contributed by atoms with Crippen molar-refractivity contribution in [2.75, 3.05) is 0 Å². The van der Waals surface area contributed by atoms with E-state index in [9.17, 15) is 0 Å². The summed E-state index contributed by atoms with van der Waals surface area (Å²) >= 11 is 9.44. The minimum Gasteiger partial charge on any atom is -0.351 e. The lowest BCUT2D eigenvalue weighted by Crippen LogP contribution is -2.00. The lowest BCUT2D eigenvalue weighted by molar-refractivity contribution is 0.521. The van der Waals surface area contributed by atoms with E-state index >= 15 is 0 Å². The van der Waals surface area contributed by atoms with Gasteiger partial charge in [0.15, 0.2) is 0 Å². The molecule has 0 bridgehead atoms. The fraction of sp³-hybridized carbons (Fsp3) is 0.312. The third-order valence-electron chi connectivity index (χ3n) is 3.75. The van der Waals surface area contributed by atoms with E-state index in [0.717, 1.165) is 15.7 Å². The molecular weight excluding hydrogens is 336 g/mol. The van der Waals surface area contributed by atoms with Crippen LogP contribution in [-0.4, -0.2) is 10.8 Å². The van der Waals surface area contributed by atoms with Crippen LogP contribution in [0, 0.1) is 0 Å². The van der Waals surface area contributed by atoms with E-state index in [2.05, 4.69) is 43.9 Å². The highest BCUT2D eigenvalue weighted by Gasteiger charge is 2.15. The van der Waals surface area contributed by atoms with Crippen molar-refractivity contribution < 1.29 is 0 Å². The van der Waals surface area contributed by atoms with E-state index in [-0.39, 0.29) is 0 Å². The summed E-state index contributed by atoms with van der Waals surface area (Å²) in [7, 11) is 0. The Balaban J connectivity index is 1.73. The highest BCUT2D eigenvalue weighted by molar-refractivity contribution is 9.10. The van der Waals surface area contributed by atoms with Crippen molar-refractivity contribution in [3.8, 4) is 0 Å². The molecule has 1 aromatic heterocycles. The van der Waals surface area contributed by atoms with Crippen molar-refractivity contribution in [2.24, 2.45) is 4.99 Å². The van der Waals surface area contributed by atoms with Crippen LogP contribution in [0.15, 0.2) is 46.1 Å². The summed E-state index contributed by atoms with van der Waals surface area (Å²) in [4.78, 5) is 4.47. The third kappa shape index (κ3) is 3.15. The first kappa shape index (κ1) is 13.9. The molecule has 0 N–H and O–H groups in total. The minimum absolute atomic E-state index is 0.680. The summed E-state index contributed by atoms with van der Waals surface area (Å²) in [5.41, 5.74) is 2.00. The van der Waals surface area contributed by atoms with Gasteiger partial charge in [-0.25, -0.2) is 0 Å². The number of aliphatic imine (C=N–C) groups is 1. The lowest BCUT2D eigenvalue weighted by atomic mass is 10.2. The fourth-order valence-electron chi connectivity index (χ4n) is 2.65. The molecule has 0 atom stereocenters. The average Bonchev–Trinajstić information content (AvgIpc) is 3.09. The van der Waals surface area contributed by atoms with Crippen LogP contribution in [-0.2, 0) is 0 Å². The number of benzene rings is 1. The van der Waals surface area contributed by atoms with Gasteiger partial charge in [-0.15, -0.1) is 0 Å². The molecule has 0 saturated heterocycles. The quantitative estimate of drug-likeness (QED) is 0.625. The first-order chi connectivity index (χ1) is 9.72. The Kier molecular flexibility index (Phi) is 4.27. The van der Waals surface area contributed by atoms with Crippen molar-refractivity contribution in [3.63, 3.8) is 0 Å². The zero-order chi connectivity index (χ0) is 13.9. The molecule has 0 unspecified atom stereocenters. The Morgan fingerprint density at radius 1 is 1.25 bits per heavy atom. The maximum Gasteiger partial charge on any atom is 0.0645 e. The molecule has 0 amide bonds. The predicted molar refractivity (Wildman–Crippen MR) is 88.3 cm³/mol. The molecular formula is C16H16BrClN2. The second-order valence-electron chi connectivity index (χ2n) is 5.19. The first-order valence-electron chi connectivity index (χ1n) is 6.89. The van der Waals surface area contributed by atoms with Gasteiger partial charge in [-0.2, -0.15) is 0 Å². The molecule has 1 saturated carbocycles. The fourth-order valence-corrected chi connectivity index (χ4v) is 3.07. The Hall–Kier alpha value is -1.06. The molecule has 20 heavy (non-hydrogen) atoms. The summed E-state index contributed by atoms with van der Waals surface area (Å²) < 4.78 is 3.22. The standard InChI is InChI=1S/C16H16BrClN2/c17-15-6-5-13(9-16(15)18)19-10-12-7-8-20(11-12)14-3-1-2-4-14/h5-11,14H,1-4H2. The molecule has 0 aliphatic heterocycles. The summed E-state index contributed by atoms with van der Waals surface area (Å²) in [5.74, 6) is 0. The van der Waals surface area contributed by atoms with Crippen LogP contribution < -0.4 is 0 Å². The summed E-state index contributed by atoms with van der Waals surface area (Å²) in [5, 5.41) is 0.683. The SMILES string of the molecule is Clc1cc(N=Cc2ccn(C3CCCC3)c2)ccc1Br. The van der Waals surface area contributed by atoms with Gasteiger partial charge < -0.3 is 4.57 Å². The van der Waals surface area contributed by atoms with Gasteiger partial charge in [-0.1, -0.05) is 24.4 Å². The van der Waals surface area contributed by atoms with Crippen LogP contribution in [0.3, 0.4) is 0 Å². The number of aromatic nitrogens is 1. The van der Waals surface area contributed by atoms with E-state index in [1.165, 1.54) is 25.7 Å². The smallest absolute Gasteiger partial charge is 0.0645 e. The maximum absolute atomic E-state index is 6.06. The van der Waals surface area contributed by atoms with Crippen molar-refractivity contribution in [1.29, 1.82) is 0 Å². The number of rotatable bonds is 3. The summed E-state index contributed by atoms with van der Waals surface area (Å²) in [6.07, 6.45) is 11.5. The van der Waals surface area contributed by atoms with Crippen molar-refractivity contribution in [3.05, 3.63) is 51.7 Å². The summed E-state index contributed by atoms with van der Waals surface area (Å²) in [6, 6.07) is 8.51. The van der Waals surface area contributed by atoms with Gasteiger partial charge in [0.1, 0.15) is 0 Å². The van der Waals surface area contributed by atoms with Gasteiger partial charge in [-0.3, -0.25) is 4.99 Å². The second-order valence-corrected chi connectivity index (χ2v) is 6.45. The largest absolute Gasteiger partial charge is 0.351 e.